The first-order valence-electron chi connectivity index (χ1n) is 9.30. The number of benzene rings is 2. The molecule has 0 bridgehead atoms. The quantitative estimate of drug-likeness (QED) is 0.439. The van der Waals surface area contributed by atoms with Gasteiger partial charge in [-0.25, -0.2) is 13.4 Å². The number of rotatable bonds is 6. The van der Waals surface area contributed by atoms with Crippen LogP contribution in [0.2, 0.25) is 0 Å². The number of thiazole rings is 1. The Bertz CT molecular complexity index is 1330. The van der Waals surface area contributed by atoms with Gasteiger partial charge in [-0.2, -0.15) is 0 Å². The summed E-state index contributed by atoms with van der Waals surface area (Å²) in [6.07, 6.45) is 4.53. The Morgan fingerprint density at radius 1 is 1.13 bits per heavy atom. The second-order valence-corrected chi connectivity index (χ2v) is 9.90. The molecule has 2 aromatic carbocycles. The highest BCUT2D eigenvalue weighted by molar-refractivity contribution is 7.90. The molecule has 0 N–H and O–H groups in total. The van der Waals surface area contributed by atoms with Crippen molar-refractivity contribution in [1.29, 1.82) is 0 Å². The Morgan fingerprint density at radius 3 is 2.55 bits per heavy atom. The van der Waals surface area contributed by atoms with Crippen LogP contribution in [0.5, 0.6) is 5.75 Å². The van der Waals surface area contributed by atoms with Crippen LogP contribution >= 0.6 is 11.3 Å². The summed E-state index contributed by atoms with van der Waals surface area (Å²) in [5.74, 6) is 0.428. The van der Waals surface area contributed by atoms with Gasteiger partial charge in [-0.1, -0.05) is 17.4 Å². The first-order valence-corrected chi connectivity index (χ1v) is 12.0. The molecule has 0 spiro atoms. The van der Waals surface area contributed by atoms with Crippen LogP contribution in [0.25, 0.3) is 10.2 Å². The van der Waals surface area contributed by atoms with Crippen LogP contribution in [0, 0.1) is 0 Å². The minimum absolute atomic E-state index is 0.218. The Labute approximate surface area is 183 Å². The SMILES string of the molecule is COc1ccc(C(=O)N(Cc2cccnc2)c2nc3ccc(S(C)(=O)=O)cc3s2)cc1. The van der Waals surface area contributed by atoms with E-state index in [4.69, 9.17) is 4.74 Å². The lowest BCUT2D eigenvalue weighted by molar-refractivity contribution is 0.0985. The highest BCUT2D eigenvalue weighted by Gasteiger charge is 2.22. The Kier molecular flexibility index (Phi) is 5.71. The molecule has 0 fully saturated rings. The van der Waals surface area contributed by atoms with Crippen LogP contribution in [0.4, 0.5) is 5.13 Å². The molecule has 0 radical (unpaired) electrons. The molecule has 2 aromatic heterocycles. The summed E-state index contributed by atoms with van der Waals surface area (Å²) >= 11 is 1.27. The number of carbonyl (C=O) groups excluding carboxylic acids is 1. The third kappa shape index (κ3) is 4.57. The number of nitrogens with zero attached hydrogens (tertiary/aromatic N) is 3. The van der Waals surface area contributed by atoms with E-state index in [2.05, 4.69) is 9.97 Å². The van der Waals surface area contributed by atoms with Gasteiger partial charge in [0.2, 0.25) is 0 Å². The number of carbonyl (C=O) groups is 1. The van der Waals surface area contributed by atoms with Crippen LogP contribution in [0.1, 0.15) is 15.9 Å². The minimum Gasteiger partial charge on any atom is -0.497 e. The number of hydrogen-bond acceptors (Lipinski definition) is 7. The van der Waals surface area contributed by atoms with E-state index in [1.54, 1.807) is 60.8 Å². The van der Waals surface area contributed by atoms with E-state index in [-0.39, 0.29) is 17.3 Å². The van der Waals surface area contributed by atoms with E-state index in [1.807, 2.05) is 12.1 Å². The van der Waals surface area contributed by atoms with E-state index in [9.17, 15) is 13.2 Å². The molecule has 0 atom stereocenters. The van der Waals surface area contributed by atoms with Crippen molar-refractivity contribution in [3.63, 3.8) is 0 Å². The maximum atomic E-state index is 13.4. The van der Waals surface area contributed by atoms with E-state index in [1.165, 1.54) is 17.4 Å². The summed E-state index contributed by atoms with van der Waals surface area (Å²) in [7, 11) is -1.77. The molecule has 31 heavy (non-hydrogen) atoms. The van der Waals surface area contributed by atoms with Gasteiger partial charge in [-0.3, -0.25) is 14.7 Å². The molecule has 4 rings (SSSR count). The molecule has 4 aromatic rings. The molecular weight excluding hydrogens is 434 g/mol. The van der Waals surface area contributed by atoms with Crippen LogP contribution in [0.3, 0.4) is 0 Å². The predicted octanol–water partition coefficient (Wildman–Crippen LogP) is 3.95. The van der Waals surface area contributed by atoms with Crippen LogP contribution < -0.4 is 9.64 Å². The summed E-state index contributed by atoms with van der Waals surface area (Å²) in [6.45, 7) is 0.275. The molecule has 0 aliphatic heterocycles. The number of hydrogen-bond donors (Lipinski definition) is 0. The van der Waals surface area contributed by atoms with Crippen LogP contribution in [-0.2, 0) is 16.4 Å². The summed E-state index contributed by atoms with van der Waals surface area (Å²) in [4.78, 5) is 23.9. The standard InChI is InChI=1S/C22H19N3O4S2/c1-29-17-7-5-16(6-8-17)21(26)25(14-15-4-3-11-23-13-15)22-24-19-10-9-18(31(2,27)28)12-20(19)30-22/h3-13H,14H2,1-2H3. The number of fused-ring (bicyclic) bond motifs is 1. The number of anilines is 1. The van der Waals surface area contributed by atoms with Gasteiger partial charge >= 0.3 is 0 Å². The second-order valence-electron chi connectivity index (χ2n) is 6.88. The second kappa shape index (κ2) is 8.44. The third-order valence-electron chi connectivity index (χ3n) is 4.65. The molecule has 2 heterocycles. The van der Waals surface area contributed by atoms with Crippen LogP contribution in [-0.4, -0.2) is 37.7 Å². The lowest BCUT2D eigenvalue weighted by Crippen LogP contribution is -2.30. The van der Waals surface area contributed by atoms with Crippen molar-refractivity contribution >= 4 is 42.4 Å². The van der Waals surface area contributed by atoms with Crippen molar-refractivity contribution in [2.45, 2.75) is 11.4 Å². The molecule has 0 aliphatic carbocycles. The first kappa shape index (κ1) is 21.0. The number of methoxy groups -OCH3 is 1. The van der Waals surface area contributed by atoms with E-state index in [0.29, 0.717) is 26.7 Å². The van der Waals surface area contributed by atoms with Gasteiger partial charge in [0, 0.05) is 24.2 Å². The maximum Gasteiger partial charge on any atom is 0.260 e. The zero-order chi connectivity index (χ0) is 22.0. The molecular formula is C22H19N3O4S2. The van der Waals surface area contributed by atoms with Crippen molar-refractivity contribution in [3.8, 4) is 5.75 Å². The zero-order valence-corrected chi connectivity index (χ0v) is 18.5. The van der Waals surface area contributed by atoms with Gasteiger partial charge in [0.1, 0.15) is 5.75 Å². The predicted molar refractivity (Wildman–Crippen MR) is 120 cm³/mol. The average Bonchev–Trinajstić information content (AvgIpc) is 3.20. The van der Waals surface area contributed by atoms with Gasteiger partial charge in [0.25, 0.3) is 5.91 Å². The van der Waals surface area contributed by atoms with Crippen molar-refractivity contribution < 1.29 is 17.9 Å². The Hall–Kier alpha value is -3.30. The third-order valence-corrected chi connectivity index (χ3v) is 6.80. The average molecular weight is 454 g/mol. The minimum atomic E-state index is -3.34. The Balaban J connectivity index is 1.76. The topological polar surface area (TPSA) is 89.5 Å². The number of sulfone groups is 1. The van der Waals surface area contributed by atoms with Gasteiger partial charge in [0.05, 0.1) is 28.8 Å². The first-order chi connectivity index (χ1) is 14.8. The number of amides is 1. The normalized spacial score (nSPS) is 11.4. The van der Waals surface area contributed by atoms with Crippen molar-refractivity contribution in [2.24, 2.45) is 0 Å². The summed E-state index contributed by atoms with van der Waals surface area (Å²) in [5, 5.41) is 0.477. The van der Waals surface area contributed by atoms with Gasteiger partial charge in [0.15, 0.2) is 15.0 Å². The maximum absolute atomic E-state index is 13.4. The fraction of sp³-hybridized carbons (Fsp3) is 0.136. The van der Waals surface area contributed by atoms with E-state index >= 15 is 0 Å². The van der Waals surface area contributed by atoms with Crippen molar-refractivity contribution in [2.75, 3.05) is 18.3 Å². The molecule has 0 aliphatic rings. The summed E-state index contributed by atoms with van der Waals surface area (Å²) in [6, 6.07) is 15.3. The number of ether oxygens (including phenoxy) is 1. The molecule has 0 saturated carbocycles. The fourth-order valence-corrected chi connectivity index (χ4v) is 4.75. The molecule has 7 nitrogen and oxygen atoms in total. The smallest absolute Gasteiger partial charge is 0.260 e. The molecule has 0 saturated heterocycles. The molecule has 9 heteroatoms. The molecule has 1 amide bonds. The lowest BCUT2D eigenvalue weighted by Gasteiger charge is -2.20. The highest BCUT2D eigenvalue weighted by Crippen LogP contribution is 2.32. The van der Waals surface area contributed by atoms with Crippen LogP contribution in [0.15, 0.2) is 71.9 Å². The van der Waals surface area contributed by atoms with Crippen molar-refractivity contribution in [3.05, 3.63) is 78.1 Å². The molecule has 158 valence electrons. The Morgan fingerprint density at radius 2 is 1.90 bits per heavy atom. The highest BCUT2D eigenvalue weighted by atomic mass is 32.2. The summed E-state index contributed by atoms with van der Waals surface area (Å²) < 4.78 is 29.7. The van der Waals surface area contributed by atoms with Crippen molar-refractivity contribution in [1.82, 2.24) is 9.97 Å². The zero-order valence-electron chi connectivity index (χ0n) is 16.8. The van der Waals surface area contributed by atoms with E-state index in [0.717, 1.165) is 11.8 Å². The largest absolute Gasteiger partial charge is 0.497 e. The van der Waals surface area contributed by atoms with Gasteiger partial charge < -0.3 is 4.74 Å². The van der Waals surface area contributed by atoms with E-state index < -0.39 is 9.84 Å². The number of aromatic nitrogens is 2. The fourth-order valence-electron chi connectivity index (χ4n) is 3.03. The summed E-state index contributed by atoms with van der Waals surface area (Å²) in [5.41, 5.74) is 1.97. The monoisotopic (exact) mass is 453 g/mol. The number of pyridine rings is 1. The van der Waals surface area contributed by atoms with Gasteiger partial charge in [-0.15, -0.1) is 0 Å². The lowest BCUT2D eigenvalue weighted by atomic mass is 10.2. The van der Waals surface area contributed by atoms with Gasteiger partial charge in [-0.05, 0) is 54.1 Å². The molecule has 0 unspecified atom stereocenters.